The molecule has 1 aliphatic rings. The fraction of sp³-hybridized carbons (Fsp3) is 0.917. The Morgan fingerprint density at radius 3 is 2.88 bits per heavy atom. The van der Waals surface area contributed by atoms with E-state index in [0.717, 1.165) is 51.9 Å². The summed E-state index contributed by atoms with van der Waals surface area (Å²) in [6.07, 6.45) is 4.31. The molecule has 0 aromatic carbocycles. The van der Waals surface area contributed by atoms with Gasteiger partial charge < -0.3 is 14.4 Å². The van der Waals surface area contributed by atoms with E-state index < -0.39 is 0 Å². The average molecular weight is 229 g/mol. The average Bonchev–Trinajstić information content (AvgIpc) is 2.34. The summed E-state index contributed by atoms with van der Waals surface area (Å²) >= 11 is 0. The van der Waals surface area contributed by atoms with Gasteiger partial charge in [0.15, 0.2) is 0 Å². The van der Waals surface area contributed by atoms with Crippen molar-refractivity contribution >= 4 is 5.97 Å². The Hall–Kier alpha value is -0.610. The standard InChI is InChI=1S/C12H23NO3/c1-15-9-4-3-7-13-8-5-6-11(10-13)12(14)16-2/h11H,3-10H2,1-2H3. The zero-order chi connectivity index (χ0) is 11.8. The number of nitrogens with zero attached hydrogens (tertiary/aromatic N) is 1. The molecular weight excluding hydrogens is 206 g/mol. The molecule has 1 unspecified atom stereocenters. The van der Waals surface area contributed by atoms with Crippen LogP contribution in [-0.2, 0) is 14.3 Å². The molecule has 1 saturated heterocycles. The van der Waals surface area contributed by atoms with E-state index in [1.54, 1.807) is 7.11 Å². The van der Waals surface area contributed by atoms with Gasteiger partial charge in [-0.3, -0.25) is 4.79 Å². The summed E-state index contributed by atoms with van der Waals surface area (Å²) in [5.74, 6) is 0.0303. The van der Waals surface area contributed by atoms with Gasteiger partial charge in [0, 0.05) is 20.3 Å². The van der Waals surface area contributed by atoms with Crippen molar-refractivity contribution in [3.8, 4) is 0 Å². The Labute approximate surface area is 97.9 Å². The molecule has 0 aromatic heterocycles. The molecule has 4 heteroatoms. The van der Waals surface area contributed by atoms with Gasteiger partial charge in [0.1, 0.15) is 0 Å². The molecule has 16 heavy (non-hydrogen) atoms. The second-order valence-electron chi connectivity index (χ2n) is 4.36. The summed E-state index contributed by atoms with van der Waals surface area (Å²) in [5.41, 5.74) is 0. The number of piperidine rings is 1. The molecule has 0 spiro atoms. The lowest BCUT2D eigenvalue weighted by Crippen LogP contribution is -2.39. The van der Waals surface area contributed by atoms with Crippen LogP contribution in [0.3, 0.4) is 0 Å². The van der Waals surface area contributed by atoms with E-state index in [2.05, 4.69) is 4.90 Å². The monoisotopic (exact) mass is 229 g/mol. The third-order valence-electron chi connectivity index (χ3n) is 3.11. The third kappa shape index (κ3) is 4.49. The normalized spacial score (nSPS) is 22.0. The van der Waals surface area contributed by atoms with Crippen LogP contribution in [0.1, 0.15) is 25.7 Å². The molecule has 0 bridgehead atoms. The fourth-order valence-corrected chi connectivity index (χ4v) is 2.20. The minimum Gasteiger partial charge on any atom is -0.469 e. The van der Waals surface area contributed by atoms with Crippen molar-refractivity contribution in [3.05, 3.63) is 0 Å². The maximum Gasteiger partial charge on any atom is 0.309 e. The van der Waals surface area contributed by atoms with Crippen LogP contribution in [0.5, 0.6) is 0 Å². The first-order valence-electron chi connectivity index (χ1n) is 6.07. The van der Waals surface area contributed by atoms with Gasteiger partial charge in [-0.2, -0.15) is 0 Å². The molecular formula is C12H23NO3. The number of hydrogen-bond donors (Lipinski definition) is 0. The van der Waals surface area contributed by atoms with Gasteiger partial charge in [-0.05, 0) is 38.8 Å². The molecule has 4 nitrogen and oxygen atoms in total. The van der Waals surface area contributed by atoms with Crippen molar-refractivity contribution in [2.45, 2.75) is 25.7 Å². The molecule has 0 amide bonds. The van der Waals surface area contributed by atoms with Crippen molar-refractivity contribution < 1.29 is 14.3 Å². The molecule has 1 aliphatic heterocycles. The number of likely N-dealkylation sites (tertiary alicyclic amines) is 1. The van der Waals surface area contributed by atoms with Gasteiger partial charge in [-0.15, -0.1) is 0 Å². The summed E-state index contributed by atoms with van der Waals surface area (Å²) in [7, 11) is 3.20. The Morgan fingerprint density at radius 1 is 1.38 bits per heavy atom. The first-order chi connectivity index (χ1) is 7.77. The van der Waals surface area contributed by atoms with Crippen molar-refractivity contribution in [3.63, 3.8) is 0 Å². The summed E-state index contributed by atoms with van der Waals surface area (Å²) in [4.78, 5) is 13.8. The first-order valence-corrected chi connectivity index (χ1v) is 6.07. The summed E-state index contributed by atoms with van der Waals surface area (Å²) in [6, 6.07) is 0. The fourth-order valence-electron chi connectivity index (χ4n) is 2.20. The first kappa shape index (κ1) is 13.5. The van der Waals surface area contributed by atoms with E-state index >= 15 is 0 Å². The number of esters is 1. The number of methoxy groups -OCH3 is 2. The van der Waals surface area contributed by atoms with Gasteiger partial charge >= 0.3 is 5.97 Å². The molecule has 1 fully saturated rings. The molecule has 1 rings (SSSR count). The van der Waals surface area contributed by atoms with E-state index in [9.17, 15) is 4.79 Å². The number of carbonyl (C=O) groups excluding carboxylic acids is 1. The van der Waals surface area contributed by atoms with E-state index in [4.69, 9.17) is 9.47 Å². The molecule has 0 aliphatic carbocycles. The Balaban J connectivity index is 2.20. The van der Waals surface area contributed by atoms with Crippen LogP contribution in [-0.4, -0.2) is 51.3 Å². The second-order valence-corrected chi connectivity index (χ2v) is 4.36. The lowest BCUT2D eigenvalue weighted by molar-refractivity contribution is -0.147. The van der Waals surface area contributed by atoms with Crippen LogP contribution in [0.4, 0.5) is 0 Å². The molecule has 0 saturated carbocycles. The van der Waals surface area contributed by atoms with Crippen molar-refractivity contribution in [1.82, 2.24) is 4.90 Å². The minimum absolute atomic E-state index is 0.0541. The van der Waals surface area contributed by atoms with Crippen molar-refractivity contribution in [1.29, 1.82) is 0 Å². The smallest absolute Gasteiger partial charge is 0.309 e. The van der Waals surface area contributed by atoms with Crippen LogP contribution in [0.15, 0.2) is 0 Å². The predicted octanol–water partition coefficient (Wildman–Crippen LogP) is 1.30. The molecule has 0 N–H and O–H groups in total. The van der Waals surface area contributed by atoms with Crippen molar-refractivity contribution in [2.24, 2.45) is 5.92 Å². The number of hydrogen-bond acceptors (Lipinski definition) is 4. The largest absolute Gasteiger partial charge is 0.469 e. The van der Waals surface area contributed by atoms with E-state index in [-0.39, 0.29) is 11.9 Å². The van der Waals surface area contributed by atoms with Crippen LogP contribution < -0.4 is 0 Å². The molecule has 1 heterocycles. The topological polar surface area (TPSA) is 38.8 Å². The second kappa shape index (κ2) is 7.63. The van der Waals surface area contributed by atoms with E-state index in [1.165, 1.54) is 7.11 Å². The Bertz CT molecular complexity index is 208. The lowest BCUT2D eigenvalue weighted by Gasteiger charge is -2.31. The molecule has 0 radical (unpaired) electrons. The minimum atomic E-state index is -0.0541. The zero-order valence-corrected chi connectivity index (χ0v) is 10.4. The highest BCUT2D eigenvalue weighted by atomic mass is 16.5. The highest BCUT2D eigenvalue weighted by Gasteiger charge is 2.25. The maximum absolute atomic E-state index is 11.4. The van der Waals surface area contributed by atoms with Crippen LogP contribution in [0.2, 0.25) is 0 Å². The summed E-state index contributed by atoms with van der Waals surface area (Å²) in [6.45, 7) is 3.87. The number of unbranched alkanes of at least 4 members (excludes halogenated alkanes) is 1. The van der Waals surface area contributed by atoms with Crippen molar-refractivity contribution in [2.75, 3.05) is 40.5 Å². The molecule has 0 aromatic rings. The number of rotatable bonds is 6. The highest BCUT2D eigenvalue weighted by molar-refractivity contribution is 5.72. The maximum atomic E-state index is 11.4. The van der Waals surface area contributed by atoms with Gasteiger partial charge in [-0.25, -0.2) is 0 Å². The lowest BCUT2D eigenvalue weighted by atomic mass is 9.98. The molecule has 94 valence electrons. The van der Waals surface area contributed by atoms with Gasteiger partial charge in [0.2, 0.25) is 0 Å². The van der Waals surface area contributed by atoms with E-state index in [1.807, 2.05) is 0 Å². The van der Waals surface area contributed by atoms with E-state index in [0.29, 0.717) is 0 Å². The van der Waals surface area contributed by atoms with Gasteiger partial charge in [0.05, 0.1) is 13.0 Å². The quantitative estimate of drug-likeness (QED) is 0.508. The molecule has 1 atom stereocenters. The number of carbonyl (C=O) groups is 1. The van der Waals surface area contributed by atoms with Gasteiger partial charge in [-0.1, -0.05) is 0 Å². The SMILES string of the molecule is COCCCCN1CCCC(C(=O)OC)C1. The Morgan fingerprint density at radius 2 is 2.19 bits per heavy atom. The number of ether oxygens (including phenoxy) is 2. The van der Waals surface area contributed by atoms with Crippen LogP contribution >= 0.6 is 0 Å². The summed E-state index contributed by atoms with van der Waals surface area (Å²) in [5, 5.41) is 0. The Kier molecular flexibility index (Phi) is 6.42. The third-order valence-corrected chi connectivity index (χ3v) is 3.11. The van der Waals surface area contributed by atoms with Crippen LogP contribution in [0.25, 0.3) is 0 Å². The zero-order valence-electron chi connectivity index (χ0n) is 10.4. The summed E-state index contributed by atoms with van der Waals surface area (Å²) < 4.78 is 9.81. The van der Waals surface area contributed by atoms with Crippen LogP contribution in [0, 0.1) is 5.92 Å². The predicted molar refractivity (Wildman–Crippen MR) is 62.3 cm³/mol. The van der Waals surface area contributed by atoms with Gasteiger partial charge in [0.25, 0.3) is 0 Å². The highest BCUT2D eigenvalue weighted by Crippen LogP contribution is 2.17.